The molecule has 1 atom stereocenters. The van der Waals surface area contributed by atoms with Gasteiger partial charge in [0.2, 0.25) is 0 Å². The van der Waals surface area contributed by atoms with E-state index in [1.165, 1.54) is 18.9 Å². The van der Waals surface area contributed by atoms with E-state index in [9.17, 15) is 4.79 Å². The molecule has 104 valence electrons. The number of aryl methyl sites for hydroxylation is 1. The number of anilines is 1. The van der Waals surface area contributed by atoms with Gasteiger partial charge in [0.25, 0.3) is 0 Å². The maximum atomic E-state index is 11.9. The first kappa shape index (κ1) is 12.7. The van der Waals surface area contributed by atoms with Gasteiger partial charge in [0.05, 0.1) is 18.4 Å². The van der Waals surface area contributed by atoms with Gasteiger partial charge in [0.1, 0.15) is 12.0 Å². The summed E-state index contributed by atoms with van der Waals surface area (Å²) >= 11 is 0. The highest BCUT2D eigenvalue weighted by molar-refractivity contribution is 5.91. The quantitative estimate of drug-likeness (QED) is 0.849. The maximum Gasteiger partial charge on any atom is 0.338 e. The molecule has 1 aliphatic rings. The van der Waals surface area contributed by atoms with Crippen molar-refractivity contribution < 1.29 is 14.1 Å². The SMILES string of the molecule is COC(=O)c1cccc2c1CC(c1nocc1N)CC2. The van der Waals surface area contributed by atoms with Gasteiger partial charge < -0.3 is 15.0 Å². The number of nitrogens with two attached hydrogens (primary N) is 1. The third kappa shape index (κ3) is 2.05. The molecule has 1 heterocycles. The highest BCUT2D eigenvalue weighted by Gasteiger charge is 2.27. The molecule has 5 nitrogen and oxygen atoms in total. The van der Waals surface area contributed by atoms with Gasteiger partial charge in [0, 0.05) is 5.92 Å². The second-order valence-electron chi connectivity index (χ2n) is 5.03. The number of carbonyl (C=O) groups excluding carboxylic acids is 1. The standard InChI is InChI=1S/C15H16N2O3/c1-19-15(18)11-4-2-3-9-5-6-10(7-12(9)11)14-13(16)8-20-17-14/h2-4,8,10H,5-7,16H2,1H3. The van der Waals surface area contributed by atoms with Gasteiger partial charge >= 0.3 is 5.97 Å². The average Bonchev–Trinajstić information content (AvgIpc) is 2.91. The number of esters is 1. The Morgan fingerprint density at radius 3 is 3.05 bits per heavy atom. The second kappa shape index (κ2) is 5.00. The highest BCUT2D eigenvalue weighted by Crippen LogP contribution is 2.35. The van der Waals surface area contributed by atoms with E-state index in [0.29, 0.717) is 11.3 Å². The van der Waals surface area contributed by atoms with Crippen LogP contribution in [0.5, 0.6) is 0 Å². The van der Waals surface area contributed by atoms with Crippen LogP contribution in [-0.4, -0.2) is 18.2 Å². The maximum absolute atomic E-state index is 11.9. The largest absolute Gasteiger partial charge is 0.465 e. The minimum atomic E-state index is -0.296. The molecule has 1 unspecified atom stereocenters. The number of rotatable bonds is 2. The summed E-state index contributed by atoms with van der Waals surface area (Å²) in [6.45, 7) is 0. The summed E-state index contributed by atoms with van der Waals surface area (Å²) in [5.74, 6) is -0.109. The van der Waals surface area contributed by atoms with Crippen LogP contribution in [0.15, 0.2) is 29.0 Å². The molecule has 20 heavy (non-hydrogen) atoms. The topological polar surface area (TPSA) is 78.3 Å². The van der Waals surface area contributed by atoms with Crippen LogP contribution in [0.25, 0.3) is 0 Å². The minimum Gasteiger partial charge on any atom is -0.465 e. The predicted octanol–water partition coefficient (Wildman–Crippen LogP) is 2.32. The van der Waals surface area contributed by atoms with Gasteiger partial charge in [0.15, 0.2) is 0 Å². The molecule has 5 heteroatoms. The minimum absolute atomic E-state index is 0.187. The summed E-state index contributed by atoms with van der Waals surface area (Å²) in [4.78, 5) is 11.9. The smallest absolute Gasteiger partial charge is 0.338 e. The summed E-state index contributed by atoms with van der Waals surface area (Å²) in [6.07, 6.45) is 4.04. The van der Waals surface area contributed by atoms with E-state index in [-0.39, 0.29) is 11.9 Å². The van der Waals surface area contributed by atoms with E-state index < -0.39 is 0 Å². The summed E-state index contributed by atoms with van der Waals surface area (Å²) in [5, 5.41) is 3.99. The number of nitrogens with zero attached hydrogens (tertiary/aromatic N) is 1. The summed E-state index contributed by atoms with van der Waals surface area (Å²) < 4.78 is 9.77. The molecule has 0 bridgehead atoms. The Bertz CT molecular complexity index is 648. The lowest BCUT2D eigenvalue weighted by Crippen LogP contribution is -2.18. The lowest BCUT2D eigenvalue weighted by atomic mass is 9.80. The Labute approximate surface area is 116 Å². The number of methoxy groups -OCH3 is 1. The highest BCUT2D eigenvalue weighted by atomic mass is 16.5. The van der Waals surface area contributed by atoms with E-state index >= 15 is 0 Å². The van der Waals surface area contributed by atoms with E-state index in [0.717, 1.165) is 30.5 Å². The Morgan fingerprint density at radius 2 is 2.35 bits per heavy atom. The van der Waals surface area contributed by atoms with Crippen LogP contribution in [0.1, 0.15) is 39.5 Å². The molecular formula is C15H16N2O3. The zero-order valence-corrected chi connectivity index (χ0v) is 11.3. The average molecular weight is 272 g/mol. The van der Waals surface area contributed by atoms with E-state index in [4.69, 9.17) is 15.0 Å². The van der Waals surface area contributed by atoms with Crippen molar-refractivity contribution in [1.29, 1.82) is 0 Å². The lowest BCUT2D eigenvalue weighted by Gasteiger charge is -2.24. The molecule has 0 saturated heterocycles. The summed E-state index contributed by atoms with van der Waals surface area (Å²) in [7, 11) is 1.40. The Morgan fingerprint density at radius 1 is 1.50 bits per heavy atom. The fraction of sp³-hybridized carbons (Fsp3) is 0.333. The molecule has 0 spiro atoms. The predicted molar refractivity (Wildman–Crippen MR) is 73.5 cm³/mol. The number of benzene rings is 1. The molecule has 0 saturated carbocycles. The monoisotopic (exact) mass is 272 g/mol. The van der Waals surface area contributed by atoms with Crippen LogP contribution in [0.3, 0.4) is 0 Å². The van der Waals surface area contributed by atoms with Crippen LogP contribution in [0, 0.1) is 0 Å². The number of carbonyl (C=O) groups is 1. The van der Waals surface area contributed by atoms with Crippen molar-refractivity contribution in [2.24, 2.45) is 0 Å². The first-order valence-electron chi connectivity index (χ1n) is 6.59. The van der Waals surface area contributed by atoms with E-state index in [1.807, 2.05) is 6.07 Å². The number of ether oxygens (including phenoxy) is 1. The van der Waals surface area contributed by atoms with Crippen molar-refractivity contribution in [3.8, 4) is 0 Å². The molecule has 1 aromatic carbocycles. The fourth-order valence-corrected chi connectivity index (χ4v) is 2.89. The van der Waals surface area contributed by atoms with E-state index in [2.05, 4.69) is 11.2 Å². The van der Waals surface area contributed by atoms with Gasteiger partial charge in [-0.3, -0.25) is 0 Å². The van der Waals surface area contributed by atoms with Crippen molar-refractivity contribution in [1.82, 2.24) is 5.16 Å². The third-order valence-corrected chi connectivity index (χ3v) is 3.90. The number of hydrogen-bond donors (Lipinski definition) is 1. The molecular weight excluding hydrogens is 256 g/mol. The zero-order valence-electron chi connectivity index (χ0n) is 11.3. The molecule has 0 aliphatic heterocycles. The Hall–Kier alpha value is -2.30. The molecule has 1 aromatic heterocycles. The first-order chi connectivity index (χ1) is 9.70. The van der Waals surface area contributed by atoms with Crippen LogP contribution >= 0.6 is 0 Å². The molecule has 0 radical (unpaired) electrons. The van der Waals surface area contributed by atoms with Crippen molar-refractivity contribution in [3.05, 3.63) is 46.8 Å². The number of fused-ring (bicyclic) bond motifs is 1. The van der Waals surface area contributed by atoms with Crippen molar-refractivity contribution in [2.45, 2.75) is 25.2 Å². The van der Waals surface area contributed by atoms with Crippen LogP contribution in [-0.2, 0) is 17.6 Å². The molecule has 1 aliphatic carbocycles. The second-order valence-corrected chi connectivity index (χ2v) is 5.03. The summed E-state index contributed by atoms with van der Waals surface area (Å²) in [6, 6.07) is 5.76. The van der Waals surface area contributed by atoms with Gasteiger partial charge in [-0.15, -0.1) is 0 Å². The normalized spacial score (nSPS) is 17.6. The molecule has 0 fully saturated rings. The number of hydrogen-bond acceptors (Lipinski definition) is 5. The molecule has 2 N–H and O–H groups in total. The Kier molecular flexibility index (Phi) is 3.18. The van der Waals surface area contributed by atoms with Crippen LogP contribution < -0.4 is 5.73 Å². The van der Waals surface area contributed by atoms with Gasteiger partial charge in [-0.1, -0.05) is 17.3 Å². The fourth-order valence-electron chi connectivity index (χ4n) is 2.89. The molecule has 0 amide bonds. The third-order valence-electron chi connectivity index (χ3n) is 3.90. The van der Waals surface area contributed by atoms with Crippen molar-refractivity contribution in [2.75, 3.05) is 12.8 Å². The van der Waals surface area contributed by atoms with Gasteiger partial charge in [-0.05, 0) is 36.5 Å². The van der Waals surface area contributed by atoms with Gasteiger partial charge in [-0.25, -0.2) is 4.79 Å². The summed E-state index contributed by atoms with van der Waals surface area (Å²) in [5.41, 5.74) is 10.1. The van der Waals surface area contributed by atoms with Crippen molar-refractivity contribution >= 4 is 11.7 Å². The molecule has 2 aromatic rings. The first-order valence-corrected chi connectivity index (χ1v) is 6.59. The van der Waals surface area contributed by atoms with E-state index in [1.54, 1.807) is 6.07 Å². The number of aromatic nitrogens is 1. The van der Waals surface area contributed by atoms with Gasteiger partial charge in [-0.2, -0.15) is 0 Å². The Balaban J connectivity index is 1.98. The number of nitrogen functional groups attached to an aromatic ring is 1. The van der Waals surface area contributed by atoms with Crippen LogP contribution in [0.4, 0.5) is 5.69 Å². The lowest BCUT2D eigenvalue weighted by molar-refractivity contribution is 0.0599. The van der Waals surface area contributed by atoms with Crippen molar-refractivity contribution in [3.63, 3.8) is 0 Å². The zero-order chi connectivity index (χ0) is 14.1. The molecule has 3 rings (SSSR count). The van der Waals surface area contributed by atoms with Crippen LogP contribution in [0.2, 0.25) is 0 Å².